The van der Waals surface area contributed by atoms with Gasteiger partial charge in [0, 0.05) is 92.5 Å². The summed E-state index contributed by atoms with van der Waals surface area (Å²) in [6.45, 7) is 5.57. The van der Waals surface area contributed by atoms with Crippen LogP contribution >= 0.6 is 12.0 Å². The first-order valence-corrected chi connectivity index (χ1v) is 37.5. The number of anilines is 2. The van der Waals surface area contributed by atoms with E-state index in [2.05, 4.69) is 43.1 Å². The zero-order valence-corrected chi connectivity index (χ0v) is 57.2. The SMILES string of the molecule is CCC(=Cc1oc2ccc(SOO[O-])cc2[n+]1CCCCCC(=O)NCCNC(=O)CCCCCN1C(=CC(=Cc2oc3ccc(-c4ccccc4)cc3[n+]2CCCS(=O)(=O)[O-])CC)Oc2ccc(-c3ccccc3)cc21)C=C1Oc2ccc(S(=O)(=O)[O-])cc2N1CCCS(=O)(=O)[O-]. The van der Waals surface area contributed by atoms with Gasteiger partial charge in [0.1, 0.15) is 10.1 Å². The molecule has 2 aliphatic rings. The third-order valence-electron chi connectivity index (χ3n) is 16.5. The fourth-order valence-corrected chi connectivity index (χ4v) is 13.4. The summed E-state index contributed by atoms with van der Waals surface area (Å²) in [5.74, 6) is 1.09. The van der Waals surface area contributed by atoms with Gasteiger partial charge in [0.15, 0.2) is 24.6 Å². The summed E-state index contributed by atoms with van der Waals surface area (Å²) >= 11 is 0.710. The molecule has 0 fully saturated rings. The topological polar surface area (TPSA) is 330 Å². The predicted octanol–water partition coefficient (Wildman–Crippen LogP) is 10.2. The Labute approximate surface area is 573 Å². The smallest absolute Gasteiger partial charge is 0.374 e. The van der Waals surface area contributed by atoms with Crippen LogP contribution in [-0.2, 0) is 62.4 Å². The van der Waals surface area contributed by atoms with E-state index in [9.17, 15) is 53.8 Å². The van der Waals surface area contributed by atoms with Crippen molar-refractivity contribution in [3.8, 4) is 33.8 Å². The van der Waals surface area contributed by atoms with Crippen molar-refractivity contribution in [3.63, 3.8) is 0 Å². The van der Waals surface area contributed by atoms with Crippen LogP contribution in [0.25, 0.3) is 56.6 Å². The van der Waals surface area contributed by atoms with Gasteiger partial charge in [0.2, 0.25) is 34.7 Å². The lowest BCUT2D eigenvalue weighted by Gasteiger charge is -2.20. The van der Waals surface area contributed by atoms with E-state index in [1.54, 1.807) is 30.4 Å². The molecule has 4 heterocycles. The van der Waals surface area contributed by atoms with Crippen molar-refractivity contribution in [2.45, 2.75) is 114 Å². The van der Waals surface area contributed by atoms with Gasteiger partial charge in [-0.05, 0) is 127 Å². The minimum absolute atomic E-state index is 0.0634. The van der Waals surface area contributed by atoms with Crippen molar-refractivity contribution in [3.05, 3.63) is 180 Å². The summed E-state index contributed by atoms with van der Waals surface area (Å²) in [6, 6.07) is 40.7. The minimum atomic E-state index is -4.86. The zero-order chi connectivity index (χ0) is 69.4. The van der Waals surface area contributed by atoms with E-state index < -0.39 is 46.8 Å². The van der Waals surface area contributed by atoms with Crippen molar-refractivity contribution in [1.29, 1.82) is 0 Å². The molecule has 2 amide bonds. The third kappa shape index (κ3) is 19.6. The number of benzene rings is 6. The molecular weight excluding hydrogens is 1340 g/mol. The second kappa shape index (κ2) is 33.2. The Morgan fingerprint density at radius 3 is 1.58 bits per heavy atom. The first-order chi connectivity index (χ1) is 47.1. The maximum absolute atomic E-state index is 13.1. The van der Waals surface area contributed by atoms with Crippen LogP contribution in [0.15, 0.2) is 187 Å². The van der Waals surface area contributed by atoms with E-state index in [0.717, 1.165) is 64.0 Å². The molecule has 10 rings (SSSR count). The number of hydrogen-bond acceptors (Lipinski definition) is 21. The standard InChI is InChI=1S/C70H76N6O18S4/c1-3-49(43-69-75(37-17-39-96(80,81)82)58-46-54(26-30-62(58)90-69)52-21-11-6-12-22-52)41-67-73(57-45-53(25-29-61(57)89-67)51-19-9-5-10-20-51)35-15-7-13-23-65(77)71-33-34-72-66(78)24-14-8-16-36-74-59-47-55(95-94-93-79)27-31-63(59)91-68(74)42-50(4-2)44-70-76(38-18-40-97(83,84)85)60-48-56(98(86,87)88)28-32-64(60)92-70/h5-6,9-12,19-22,25-32,41-48H,3-4,7-8,13-18,23-24,33-40H2,1-2H3,(H4-2,71,72,77,78,79,80,81,82,83,84,85,86,87,88)/p-2. The molecule has 98 heavy (non-hydrogen) atoms. The molecule has 24 nitrogen and oxygen atoms in total. The summed E-state index contributed by atoms with van der Waals surface area (Å²) in [4.78, 5) is 29.7. The molecule has 2 aliphatic heterocycles. The number of amides is 2. The van der Waals surface area contributed by atoms with E-state index in [1.165, 1.54) is 11.0 Å². The van der Waals surface area contributed by atoms with Crippen LogP contribution in [-0.4, -0.2) is 88.4 Å². The number of carbonyl (C=O) groups is 2. The molecule has 0 bridgehead atoms. The number of unbranched alkanes of at least 4 members (excludes halogenated alkanes) is 4. The van der Waals surface area contributed by atoms with E-state index in [-0.39, 0.29) is 74.6 Å². The molecule has 518 valence electrons. The fourth-order valence-electron chi connectivity index (χ4n) is 11.6. The molecule has 28 heteroatoms. The molecule has 0 spiro atoms. The van der Waals surface area contributed by atoms with Crippen molar-refractivity contribution >= 4 is 99.9 Å². The quantitative estimate of drug-likeness (QED) is 0.00931. The lowest BCUT2D eigenvalue weighted by molar-refractivity contribution is -0.777. The van der Waals surface area contributed by atoms with Gasteiger partial charge in [-0.1, -0.05) is 93.1 Å². The van der Waals surface area contributed by atoms with Crippen LogP contribution in [0.1, 0.15) is 103 Å². The third-order valence-corrected chi connectivity index (χ3v) is 19.4. The number of fused-ring (bicyclic) bond motifs is 4. The lowest BCUT2D eigenvalue weighted by atomic mass is 10.0. The van der Waals surface area contributed by atoms with Crippen molar-refractivity contribution < 1.29 is 90.6 Å². The van der Waals surface area contributed by atoms with Crippen LogP contribution in [0, 0.1) is 0 Å². The number of hydrogen-bond donors (Lipinski definition) is 2. The molecular formula is C70H74N6O18S4-2. The van der Waals surface area contributed by atoms with Crippen LogP contribution in [0.4, 0.5) is 11.4 Å². The summed E-state index contributed by atoms with van der Waals surface area (Å²) in [7, 11) is -13.9. The minimum Gasteiger partial charge on any atom is -0.748 e. The zero-order valence-electron chi connectivity index (χ0n) is 53.9. The summed E-state index contributed by atoms with van der Waals surface area (Å²) in [5.41, 5.74) is 9.17. The number of aromatic nitrogens is 2. The Balaban J connectivity index is 0.723. The van der Waals surface area contributed by atoms with Gasteiger partial charge in [-0.15, -0.1) is 0 Å². The number of carbonyl (C=O) groups excluding carboxylic acids is 2. The highest BCUT2D eigenvalue weighted by atomic mass is 32.2. The van der Waals surface area contributed by atoms with Gasteiger partial charge in [0.05, 0.1) is 60.7 Å². The van der Waals surface area contributed by atoms with Gasteiger partial charge in [-0.3, -0.25) is 14.6 Å². The second-order valence-electron chi connectivity index (χ2n) is 23.4. The molecule has 0 saturated heterocycles. The van der Waals surface area contributed by atoms with Crippen LogP contribution < -0.4 is 44.3 Å². The number of rotatable bonds is 35. The van der Waals surface area contributed by atoms with Gasteiger partial charge in [0.25, 0.3) is 11.0 Å². The predicted molar refractivity (Wildman–Crippen MR) is 363 cm³/mol. The number of oxazole rings is 2. The molecule has 0 unspecified atom stereocenters. The molecule has 6 aromatic carbocycles. The van der Waals surface area contributed by atoms with Gasteiger partial charge in [-0.25, -0.2) is 25.3 Å². The second-order valence-corrected chi connectivity index (χ2v) is 28.6. The van der Waals surface area contributed by atoms with Crippen molar-refractivity contribution in [2.75, 3.05) is 47.5 Å². The molecule has 2 N–H and O–H groups in total. The van der Waals surface area contributed by atoms with Gasteiger partial charge in [-0.2, -0.15) is 13.5 Å². The number of aryl methyl sites for hydroxylation is 2. The Morgan fingerprint density at radius 1 is 0.541 bits per heavy atom. The van der Waals surface area contributed by atoms with E-state index in [0.29, 0.717) is 121 Å². The Bertz CT molecular complexity index is 4650. The average Bonchev–Trinajstić information content (AvgIpc) is 1.64. The Morgan fingerprint density at radius 2 is 1.03 bits per heavy atom. The van der Waals surface area contributed by atoms with Crippen molar-refractivity contribution in [2.24, 2.45) is 0 Å². The van der Waals surface area contributed by atoms with Gasteiger partial charge < -0.3 is 57.7 Å². The first-order valence-electron chi connectivity index (χ1n) is 32.2. The largest absolute Gasteiger partial charge is 0.748 e. The van der Waals surface area contributed by atoms with Crippen LogP contribution in [0.5, 0.6) is 11.5 Å². The summed E-state index contributed by atoms with van der Waals surface area (Å²) < 4.78 is 139. The molecule has 0 saturated carbocycles. The van der Waals surface area contributed by atoms with Crippen molar-refractivity contribution in [1.82, 2.24) is 10.6 Å². The molecule has 8 aromatic rings. The van der Waals surface area contributed by atoms with E-state index in [4.69, 9.17) is 18.3 Å². The number of ether oxygens (including phenoxy) is 2. The summed E-state index contributed by atoms with van der Waals surface area (Å²) in [5, 5.41) is 20.1. The highest BCUT2D eigenvalue weighted by Gasteiger charge is 2.31. The fraction of sp³-hybridized carbons (Fsp3) is 0.314. The average molecular weight is 1420 g/mol. The number of nitrogens with zero attached hydrogens (tertiary/aromatic N) is 4. The lowest BCUT2D eigenvalue weighted by Crippen LogP contribution is -2.36. The van der Waals surface area contributed by atoms with E-state index in [1.807, 2.05) is 114 Å². The molecule has 2 aromatic heterocycles. The Hall–Kier alpha value is -8.68. The normalized spacial score (nSPS) is 14.3. The maximum Gasteiger partial charge on any atom is 0.374 e. The maximum atomic E-state index is 13.1. The van der Waals surface area contributed by atoms with Gasteiger partial charge >= 0.3 is 11.8 Å². The molecule has 0 aliphatic carbocycles. The van der Waals surface area contributed by atoms with Crippen LogP contribution in [0.2, 0.25) is 0 Å². The molecule has 0 atom stereocenters. The van der Waals surface area contributed by atoms with Crippen LogP contribution in [0.3, 0.4) is 0 Å². The number of allylic oxidation sites excluding steroid dienone is 4. The monoisotopic (exact) mass is 1410 g/mol. The summed E-state index contributed by atoms with van der Waals surface area (Å²) in [6.07, 6.45) is 12.7. The number of nitrogens with one attached hydrogen (secondary N) is 2. The molecule has 0 radical (unpaired) electrons. The van der Waals surface area contributed by atoms with E-state index >= 15 is 0 Å². The Kier molecular flexibility index (Phi) is 24.5. The highest BCUT2D eigenvalue weighted by Crippen LogP contribution is 2.44. The highest BCUT2D eigenvalue weighted by molar-refractivity contribution is 7.94. The first kappa shape index (κ1) is 72.1.